The average molecular weight is 385 g/mol. The summed E-state index contributed by atoms with van der Waals surface area (Å²) in [5, 5.41) is 10.7. The Bertz CT molecular complexity index is 496. The van der Waals surface area contributed by atoms with Crippen LogP contribution in [0.25, 0.3) is 0 Å². The highest BCUT2D eigenvalue weighted by atomic mass is 79.9. The van der Waals surface area contributed by atoms with Gasteiger partial charge in [-0.05, 0) is 54.9 Å². The summed E-state index contributed by atoms with van der Waals surface area (Å²) >= 11 is 3.53. The Balaban J connectivity index is 1.67. The molecule has 2 aliphatic heterocycles. The predicted molar refractivity (Wildman–Crippen MR) is 91.4 cm³/mol. The van der Waals surface area contributed by atoms with Crippen LogP contribution in [0.1, 0.15) is 55.3 Å². The van der Waals surface area contributed by atoms with Gasteiger partial charge in [-0.3, -0.25) is 0 Å². The van der Waals surface area contributed by atoms with Gasteiger partial charge in [0.2, 0.25) is 0 Å². The third-order valence-electron chi connectivity index (χ3n) is 4.64. The molecule has 3 rings (SSSR count). The quantitative estimate of drug-likeness (QED) is 0.835. The van der Waals surface area contributed by atoms with Crippen molar-refractivity contribution >= 4 is 15.9 Å². The molecule has 1 unspecified atom stereocenters. The van der Waals surface area contributed by atoms with Crippen molar-refractivity contribution in [3.63, 3.8) is 0 Å². The highest BCUT2D eigenvalue weighted by Gasteiger charge is 2.23. The highest BCUT2D eigenvalue weighted by Crippen LogP contribution is 2.35. The topological polar surface area (TPSA) is 47.9 Å². The fraction of sp³-hybridized carbons (Fsp3) is 0.667. The van der Waals surface area contributed by atoms with Crippen LogP contribution in [0.5, 0.6) is 0 Å². The summed E-state index contributed by atoms with van der Waals surface area (Å²) in [5.74, 6) is 0.476. The first-order chi connectivity index (χ1) is 11.2. The number of rotatable bonds is 5. The van der Waals surface area contributed by atoms with Gasteiger partial charge in [0.05, 0.1) is 19.3 Å². The van der Waals surface area contributed by atoms with Gasteiger partial charge in [-0.2, -0.15) is 0 Å². The zero-order chi connectivity index (χ0) is 16.1. The van der Waals surface area contributed by atoms with E-state index < -0.39 is 6.10 Å². The second kappa shape index (κ2) is 8.58. The molecule has 0 aliphatic carbocycles. The minimum Gasteiger partial charge on any atom is -0.388 e. The molecule has 0 radical (unpaired) electrons. The molecule has 0 amide bonds. The van der Waals surface area contributed by atoms with Crippen LogP contribution in [-0.2, 0) is 14.2 Å². The average Bonchev–Trinajstić information content (AvgIpc) is 2.61. The zero-order valence-electron chi connectivity index (χ0n) is 13.4. The fourth-order valence-corrected chi connectivity index (χ4v) is 3.75. The standard InChI is InChI=1S/C18H25BrO4/c19-14-2-3-15(13-6-10-21-11-7-13)16(12-14)17(20)4-5-18-22-8-1-9-23-18/h2-3,12-13,17-18,20H,1,4-11H2. The first kappa shape index (κ1) is 17.4. The number of benzene rings is 1. The van der Waals surface area contributed by atoms with Crippen molar-refractivity contribution in [1.82, 2.24) is 0 Å². The fourth-order valence-electron chi connectivity index (χ4n) is 3.37. The number of hydrogen-bond donors (Lipinski definition) is 1. The molecule has 23 heavy (non-hydrogen) atoms. The van der Waals surface area contributed by atoms with Crippen LogP contribution < -0.4 is 0 Å². The molecule has 2 heterocycles. The number of aliphatic hydroxyl groups is 1. The monoisotopic (exact) mass is 384 g/mol. The molecule has 2 saturated heterocycles. The Morgan fingerprint density at radius 1 is 1.13 bits per heavy atom. The lowest BCUT2D eigenvalue weighted by Gasteiger charge is -2.27. The van der Waals surface area contributed by atoms with Gasteiger partial charge in [-0.1, -0.05) is 22.0 Å². The van der Waals surface area contributed by atoms with Crippen molar-refractivity contribution < 1.29 is 19.3 Å². The minimum absolute atomic E-state index is 0.169. The molecule has 0 spiro atoms. The van der Waals surface area contributed by atoms with Gasteiger partial charge >= 0.3 is 0 Å². The molecule has 2 aliphatic rings. The highest BCUT2D eigenvalue weighted by molar-refractivity contribution is 9.10. The van der Waals surface area contributed by atoms with E-state index in [1.165, 1.54) is 5.56 Å². The van der Waals surface area contributed by atoms with Gasteiger partial charge in [0.15, 0.2) is 6.29 Å². The van der Waals surface area contributed by atoms with Gasteiger partial charge in [0, 0.05) is 24.1 Å². The molecule has 5 heteroatoms. The van der Waals surface area contributed by atoms with Crippen molar-refractivity contribution in [3.8, 4) is 0 Å². The normalized spacial score (nSPS) is 22.2. The Kier molecular flexibility index (Phi) is 6.48. The van der Waals surface area contributed by atoms with Gasteiger partial charge in [0.25, 0.3) is 0 Å². The van der Waals surface area contributed by atoms with Crippen molar-refractivity contribution in [2.24, 2.45) is 0 Å². The molecule has 2 fully saturated rings. The van der Waals surface area contributed by atoms with E-state index in [4.69, 9.17) is 14.2 Å². The number of hydrogen-bond acceptors (Lipinski definition) is 4. The maximum absolute atomic E-state index is 10.7. The first-order valence-electron chi connectivity index (χ1n) is 8.52. The summed E-state index contributed by atoms with van der Waals surface area (Å²) in [6.45, 7) is 3.12. The Morgan fingerprint density at radius 3 is 2.61 bits per heavy atom. The molecule has 1 aromatic rings. The predicted octanol–water partition coefficient (Wildman–Crippen LogP) is 3.92. The second-order valence-corrected chi connectivity index (χ2v) is 7.19. The minimum atomic E-state index is -0.487. The van der Waals surface area contributed by atoms with E-state index in [0.717, 1.165) is 62.1 Å². The van der Waals surface area contributed by atoms with Crippen molar-refractivity contribution in [2.45, 2.75) is 50.4 Å². The summed E-state index contributed by atoms with van der Waals surface area (Å²) < 4.78 is 17.6. The van der Waals surface area contributed by atoms with Crippen LogP contribution in [0.4, 0.5) is 0 Å². The van der Waals surface area contributed by atoms with E-state index in [-0.39, 0.29) is 6.29 Å². The van der Waals surface area contributed by atoms with Crippen LogP contribution in [0, 0.1) is 0 Å². The molecular weight excluding hydrogens is 360 g/mol. The van der Waals surface area contributed by atoms with Crippen molar-refractivity contribution in [3.05, 3.63) is 33.8 Å². The number of aliphatic hydroxyl groups excluding tert-OH is 1. The summed E-state index contributed by atoms with van der Waals surface area (Å²) in [6, 6.07) is 6.26. The Labute approximate surface area is 146 Å². The van der Waals surface area contributed by atoms with E-state index in [2.05, 4.69) is 34.1 Å². The zero-order valence-corrected chi connectivity index (χ0v) is 15.0. The largest absolute Gasteiger partial charge is 0.388 e. The molecular formula is C18H25BrO4. The summed E-state index contributed by atoms with van der Waals surface area (Å²) in [7, 11) is 0. The summed E-state index contributed by atoms with van der Waals surface area (Å²) in [4.78, 5) is 0. The summed E-state index contributed by atoms with van der Waals surface area (Å²) in [6.07, 6.45) is 3.72. The molecule has 1 N–H and O–H groups in total. The van der Waals surface area contributed by atoms with E-state index in [1.54, 1.807) is 0 Å². The number of ether oxygens (including phenoxy) is 3. The third-order valence-corrected chi connectivity index (χ3v) is 5.13. The van der Waals surface area contributed by atoms with Crippen LogP contribution in [0.15, 0.2) is 22.7 Å². The van der Waals surface area contributed by atoms with Crippen LogP contribution in [0.2, 0.25) is 0 Å². The van der Waals surface area contributed by atoms with Gasteiger partial charge < -0.3 is 19.3 Å². The molecule has 4 nitrogen and oxygen atoms in total. The lowest BCUT2D eigenvalue weighted by atomic mass is 9.86. The van der Waals surface area contributed by atoms with E-state index in [1.807, 2.05) is 0 Å². The smallest absolute Gasteiger partial charge is 0.157 e. The lowest BCUT2D eigenvalue weighted by Crippen LogP contribution is -2.25. The van der Waals surface area contributed by atoms with E-state index in [9.17, 15) is 5.11 Å². The molecule has 0 saturated carbocycles. The molecule has 0 bridgehead atoms. The van der Waals surface area contributed by atoms with Gasteiger partial charge in [-0.15, -0.1) is 0 Å². The van der Waals surface area contributed by atoms with Gasteiger partial charge in [-0.25, -0.2) is 0 Å². The van der Waals surface area contributed by atoms with E-state index >= 15 is 0 Å². The molecule has 1 aromatic carbocycles. The molecule has 0 aromatic heterocycles. The van der Waals surface area contributed by atoms with Crippen molar-refractivity contribution in [2.75, 3.05) is 26.4 Å². The lowest BCUT2D eigenvalue weighted by molar-refractivity contribution is -0.183. The van der Waals surface area contributed by atoms with Crippen LogP contribution >= 0.6 is 15.9 Å². The molecule has 128 valence electrons. The maximum Gasteiger partial charge on any atom is 0.157 e. The summed E-state index contributed by atoms with van der Waals surface area (Å²) in [5.41, 5.74) is 2.29. The van der Waals surface area contributed by atoms with Gasteiger partial charge in [0.1, 0.15) is 0 Å². The third kappa shape index (κ3) is 4.77. The first-order valence-corrected chi connectivity index (χ1v) is 9.31. The van der Waals surface area contributed by atoms with E-state index in [0.29, 0.717) is 12.3 Å². The van der Waals surface area contributed by atoms with Crippen LogP contribution in [-0.4, -0.2) is 37.8 Å². The second-order valence-electron chi connectivity index (χ2n) is 6.28. The Morgan fingerprint density at radius 2 is 1.87 bits per heavy atom. The Hall–Kier alpha value is -0.460. The SMILES string of the molecule is OC(CCC1OCCCO1)c1cc(Br)ccc1C1CCOCC1. The maximum atomic E-state index is 10.7. The van der Waals surface area contributed by atoms with Crippen molar-refractivity contribution in [1.29, 1.82) is 0 Å². The number of halogens is 1. The molecule has 1 atom stereocenters. The van der Waals surface area contributed by atoms with Crippen LogP contribution in [0.3, 0.4) is 0 Å².